The molecule has 2 aromatic carbocycles. The molecule has 1 atom stereocenters. The zero-order valence-electron chi connectivity index (χ0n) is 18.6. The summed E-state index contributed by atoms with van der Waals surface area (Å²) in [7, 11) is -2.59. The number of sulfonamides is 1. The molecule has 0 unspecified atom stereocenters. The smallest absolute Gasteiger partial charge is 0.279 e. The Morgan fingerprint density at radius 1 is 1.12 bits per heavy atom. The van der Waals surface area contributed by atoms with Gasteiger partial charge in [-0.3, -0.25) is 20.4 Å². The van der Waals surface area contributed by atoms with Crippen molar-refractivity contribution < 1.29 is 32.2 Å². The predicted octanol–water partition coefficient (Wildman–Crippen LogP) is 0.816. The van der Waals surface area contributed by atoms with Crippen LogP contribution >= 0.6 is 0 Å². The largest absolute Gasteiger partial charge is 0.495 e. The molecule has 0 saturated carbocycles. The molecule has 2 amide bonds. The van der Waals surface area contributed by atoms with Gasteiger partial charge < -0.3 is 14.2 Å². The second kappa shape index (κ2) is 11.0. The van der Waals surface area contributed by atoms with Crippen molar-refractivity contribution in [3.8, 4) is 17.6 Å². The Balaban J connectivity index is 1.66. The molecule has 1 aliphatic heterocycles. The maximum absolute atomic E-state index is 13.1. The lowest BCUT2D eigenvalue weighted by Gasteiger charge is -2.26. The van der Waals surface area contributed by atoms with E-state index in [9.17, 15) is 18.0 Å². The Labute approximate surface area is 197 Å². The summed E-state index contributed by atoms with van der Waals surface area (Å²) < 4.78 is 43.3. The van der Waals surface area contributed by atoms with Gasteiger partial charge >= 0.3 is 0 Å². The van der Waals surface area contributed by atoms with Crippen LogP contribution in [-0.2, 0) is 19.6 Å². The summed E-state index contributed by atoms with van der Waals surface area (Å²) in [5.41, 5.74) is 4.96. The highest BCUT2D eigenvalue weighted by Gasteiger charge is 2.30. The van der Waals surface area contributed by atoms with Gasteiger partial charge in [-0.1, -0.05) is 0 Å². The van der Waals surface area contributed by atoms with Gasteiger partial charge in [-0.05, 0) is 49.4 Å². The van der Waals surface area contributed by atoms with E-state index in [1.165, 1.54) is 36.5 Å². The van der Waals surface area contributed by atoms with Crippen molar-refractivity contribution in [1.82, 2.24) is 15.2 Å². The van der Waals surface area contributed by atoms with E-state index in [0.717, 1.165) is 0 Å². The first-order chi connectivity index (χ1) is 16.3. The molecular formula is C22H24N4O7S. The molecule has 2 N–H and O–H groups in total. The lowest BCUT2D eigenvalue weighted by molar-refractivity contribution is -0.128. The number of morpholine rings is 1. The Morgan fingerprint density at radius 3 is 2.41 bits per heavy atom. The first-order valence-electron chi connectivity index (χ1n) is 10.3. The molecule has 0 spiro atoms. The van der Waals surface area contributed by atoms with E-state index in [-0.39, 0.29) is 42.5 Å². The molecule has 0 aliphatic carbocycles. The van der Waals surface area contributed by atoms with E-state index in [1.54, 1.807) is 24.3 Å². The van der Waals surface area contributed by atoms with Crippen LogP contribution in [-0.4, -0.2) is 64.1 Å². The van der Waals surface area contributed by atoms with Crippen LogP contribution in [0.1, 0.15) is 22.8 Å². The molecule has 11 nitrogen and oxygen atoms in total. The molecule has 1 saturated heterocycles. The van der Waals surface area contributed by atoms with Gasteiger partial charge in [0, 0.05) is 18.7 Å². The first-order valence-corrected chi connectivity index (χ1v) is 11.7. The van der Waals surface area contributed by atoms with Crippen molar-refractivity contribution in [3.05, 3.63) is 53.6 Å². The minimum atomic E-state index is -3.92. The fourth-order valence-electron chi connectivity index (χ4n) is 3.10. The number of benzene rings is 2. The number of methoxy groups -OCH3 is 1. The van der Waals surface area contributed by atoms with Crippen molar-refractivity contribution in [2.24, 2.45) is 0 Å². The fourth-order valence-corrected chi connectivity index (χ4v) is 4.69. The molecule has 12 heteroatoms. The van der Waals surface area contributed by atoms with Crippen molar-refractivity contribution in [3.63, 3.8) is 0 Å². The lowest BCUT2D eigenvalue weighted by atomic mass is 10.2. The van der Waals surface area contributed by atoms with Crippen molar-refractivity contribution in [1.29, 1.82) is 5.26 Å². The number of nitriles is 1. The lowest BCUT2D eigenvalue weighted by Crippen LogP contribution is -2.47. The number of hydrogen-bond donors (Lipinski definition) is 2. The maximum Gasteiger partial charge on any atom is 0.279 e. The predicted molar refractivity (Wildman–Crippen MR) is 119 cm³/mol. The van der Waals surface area contributed by atoms with Crippen LogP contribution in [0.15, 0.2) is 47.4 Å². The van der Waals surface area contributed by atoms with Gasteiger partial charge in [0.15, 0.2) is 6.10 Å². The van der Waals surface area contributed by atoms with Crippen LogP contribution in [0.5, 0.6) is 11.5 Å². The molecular weight excluding hydrogens is 464 g/mol. The second-order valence-electron chi connectivity index (χ2n) is 7.22. The van der Waals surface area contributed by atoms with E-state index in [0.29, 0.717) is 11.3 Å². The molecule has 3 rings (SSSR count). The van der Waals surface area contributed by atoms with Crippen molar-refractivity contribution in [2.75, 3.05) is 33.4 Å². The van der Waals surface area contributed by atoms with Gasteiger partial charge in [-0.15, -0.1) is 0 Å². The minimum Gasteiger partial charge on any atom is -0.495 e. The standard InChI is InChI=1S/C22H24N4O7S/c1-15(33-18-6-3-16(14-23)4-7-18)21(27)24-25-22(28)17-5-8-19(31-2)20(13-17)34(29,30)26-9-11-32-12-10-26/h3-8,13,15H,9-12H2,1-2H3,(H,24,27)(H,25,28)/t15-/m0/s1. The fraction of sp³-hybridized carbons (Fsp3) is 0.318. The summed E-state index contributed by atoms with van der Waals surface area (Å²) in [4.78, 5) is 24.7. The Hall–Kier alpha value is -3.66. The zero-order valence-corrected chi connectivity index (χ0v) is 19.4. The van der Waals surface area contributed by atoms with Crippen molar-refractivity contribution >= 4 is 21.8 Å². The number of carbonyl (C=O) groups is 2. The summed E-state index contributed by atoms with van der Waals surface area (Å²) in [6.07, 6.45) is -0.957. The Kier molecular flexibility index (Phi) is 8.06. The first kappa shape index (κ1) is 25.0. The molecule has 34 heavy (non-hydrogen) atoms. The normalized spacial score (nSPS) is 15.0. The van der Waals surface area contributed by atoms with Gasteiger partial charge in [0.1, 0.15) is 16.4 Å². The maximum atomic E-state index is 13.1. The summed E-state index contributed by atoms with van der Waals surface area (Å²) in [5, 5.41) is 8.83. The number of hydrogen-bond acceptors (Lipinski definition) is 8. The van der Waals surface area contributed by atoms with Crippen LogP contribution in [0.3, 0.4) is 0 Å². The molecule has 0 bridgehead atoms. The SMILES string of the molecule is COc1ccc(C(=O)NNC(=O)[C@H](C)Oc2ccc(C#N)cc2)cc1S(=O)(=O)N1CCOCC1. The zero-order chi connectivity index (χ0) is 24.7. The van der Waals surface area contributed by atoms with Gasteiger partial charge in [-0.25, -0.2) is 8.42 Å². The Bertz CT molecular complexity index is 1190. The molecule has 2 aromatic rings. The van der Waals surface area contributed by atoms with E-state index in [4.69, 9.17) is 19.5 Å². The highest BCUT2D eigenvalue weighted by molar-refractivity contribution is 7.89. The average Bonchev–Trinajstić information content (AvgIpc) is 2.87. The summed E-state index contributed by atoms with van der Waals surface area (Å²) in [5.74, 6) is -0.884. The van der Waals surface area contributed by atoms with E-state index in [1.807, 2.05) is 6.07 Å². The summed E-state index contributed by atoms with van der Waals surface area (Å²) in [6.45, 7) is 2.41. The van der Waals surface area contributed by atoms with Crippen LogP contribution in [0.2, 0.25) is 0 Å². The van der Waals surface area contributed by atoms with Crippen molar-refractivity contribution in [2.45, 2.75) is 17.9 Å². The van der Waals surface area contributed by atoms with Gasteiger partial charge in [0.25, 0.3) is 11.8 Å². The summed E-state index contributed by atoms with van der Waals surface area (Å²) in [6, 6.07) is 12.1. The average molecular weight is 489 g/mol. The third-order valence-electron chi connectivity index (χ3n) is 4.98. The number of hydrazine groups is 1. The third kappa shape index (κ3) is 5.82. The minimum absolute atomic E-state index is 0.00796. The number of rotatable bonds is 7. The van der Waals surface area contributed by atoms with Gasteiger partial charge in [-0.2, -0.15) is 9.57 Å². The van der Waals surface area contributed by atoms with Crippen LogP contribution in [0, 0.1) is 11.3 Å². The highest BCUT2D eigenvalue weighted by atomic mass is 32.2. The Morgan fingerprint density at radius 2 is 1.79 bits per heavy atom. The highest BCUT2D eigenvalue weighted by Crippen LogP contribution is 2.28. The quantitative estimate of drug-likeness (QED) is 0.545. The van der Waals surface area contributed by atoms with E-state index < -0.39 is 27.9 Å². The molecule has 0 radical (unpaired) electrons. The monoisotopic (exact) mass is 488 g/mol. The number of nitrogens with one attached hydrogen (secondary N) is 2. The van der Waals surface area contributed by atoms with E-state index >= 15 is 0 Å². The van der Waals surface area contributed by atoms with Gasteiger partial charge in [0.2, 0.25) is 10.0 Å². The second-order valence-corrected chi connectivity index (χ2v) is 9.13. The molecule has 1 aliphatic rings. The number of ether oxygens (including phenoxy) is 3. The summed E-state index contributed by atoms with van der Waals surface area (Å²) >= 11 is 0. The van der Waals surface area contributed by atoms with Crippen LogP contribution in [0.25, 0.3) is 0 Å². The molecule has 180 valence electrons. The number of carbonyl (C=O) groups excluding carboxylic acids is 2. The van der Waals surface area contributed by atoms with E-state index in [2.05, 4.69) is 10.9 Å². The molecule has 1 fully saturated rings. The molecule has 0 aromatic heterocycles. The topological polar surface area (TPSA) is 147 Å². The van der Waals surface area contributed by atoms with Gasteiger partial charge in [0.05, 0.1) is 32.0 Å². The van der Waals surface area contributed by atoms with Crippen LogP contribution in [0.4, 0.5) is 0 Å². The number of amides is 2. The third-order valence-corrected chi connectivity index (χ3v) is 6.90. The molecule has 1 heterocycles. The number of nitrogens with zero attached hydrogens (tertiary/aromatic N) is 2. The van der Waals surface area contributed by atoms with Crippen LogP contribution < -0.4 is 20.3 Å².